The Morgan fingerprint density at radius 2 is 1.88 bits per heavy atom. The van der Waals surface area contributed by atoms with Crippen LogP contribution in [0, 0.1) is 0 Å². The standard InChI is InChI=1S/C20H14ClF3N6O3/c21-9-17-28-18-13(2-1-5-25-18)19(32)30(17)14-8-12(15(31)10-29-26-6-7-27-29)3-4-16(14)33-11-20(22,23)24/h1-8H,9-11H2. The number of Topliss-reactive ketones (excluding diaryl/α,β-unsaturated/α-hetero) is 1. The van der Waals surface area contributed by atoms with E-state index in [1.54, 1.807) is 0 Å². The zero-order valence-corrected chi connectivity index (χ0v) is 17.4. The summed E-state index contributed by atoms with van der Waals surface area (Å²) in [6, 6.07) is 6.72. The third kappa shape index (κ3) is 4.85. The van der Waals surface area contributed by atoms with Crippen LogP contribution in [0.4, 0.5) is 13.2 Å². The lowest BCUT2D eigenvalue weighted by Crippen LogP contribution is -2.26. The topological polar surface area (TPSA) is 105 Å². The summed E-state index contributed by atoms with van der Waals surface area (Å²) < 4.78 is 44.4. The van der Waals surface area contributed by atoms with E-state index in [1.807, 2.05) is 0 Å². The lowest BCUT2D eigenvalue weighted by molar-refractivity contribution is -0.153. The van der Waals surface area contributed by atoms with E-state index in [0.29, 0.717) is 0 Å². The highest BCUT2D eigenvalue weighted by atomic mass is 35.5. The molecule has 33 heavy (non-hydrogen) atoms. The summed E-state index contributed by atoms with van der Waals surface area (Å²) in [7, 11) is 0. The molecule has 3 heterocycles. The van der Waals surface area contributed by atoms with Crippen LogP contribution >= 0.6 is 11.6 Å². The molecule has 0 unspecified atom stereocenters. The second-order valence-corrected chi connectivity index (χ2v) is 7.01. The molecule has 0 aliphatic rings. The molecule has 1 aromatic carbocycles. The first-order chi connectivity index (χ1) is 15.8. The Balaban J connectivity index is 1.88. The molecule has 3 aromatic heterocycles. The largest absolute Gasteiger partial charge is 0.482 e. The number of benzene rings is 1. The molecular weight excluding hydrogens is 465 g/mol. The number of ketones is 1. The molecule has 0 N–H and O–H groups in total. The first kappa shape index (κ1) is 22.4. The molecule has 9 nitrogen and oxygen atoms in total. The highest BCUT2D eigenvalue weighted by molar-refractivity contribution is 6.16. The Morgan fingerprint density at radius 3 is 2.58 bits per heavy atom. The second-order valence-electron chi connectivity index (χ2n) is 6.75. The highest BCUT2D eigenvalue weighted by Crippen LogP contribution is 2.28. The van der Waals surface area contributed by atoms with Crippen molar-refractivity contribution in [2.75, 3.05) is 6.61 Å². The van der Waals surface area contributed by atoms with Crippen molar-refractivity contribution in [2.24, 2.45) is 0 Å². The van der Waals surface area contributed by atoms with Crippen LogP contribution in [-0.2, 0) is 12.4 Å². The van der Waals surface area contributed by atoms with Crippen LogP contribution < -0.4 is 10.3 Å². The van der Waals surface area contributed by atoms with Crippen LogP contribution in [0.1, 0.15) is 16.2 Å². The van der Waals surface area contributed by atoms with E-state index >= 15 is 0 Å². The number of aromatic nitrogens is 6. The Labute approximate surface area is 188 Å². The summed E-state index contributed by atoms with van der Waals surface area (Å²) in [5.41, 5.74) is -0.513. The van der Waals surface area contributed by atoms with Gasteiger partial charge in [0.25, 0.3) is 5.56 Å². The Morgan fingerprint density at radius 1 is 1.12 bits per heavy atom. The van der Waals surface area contributed by atoms with Crippen LogP contribution in [0.15, 0.2) is 53.7 Å². The molecule has 0 aliphatic carbocycles. The van der Waals surface area contributed by atoms with Crippen LogP contribution in [-0.4, -0.2) is 48.1 Å². The number of nitrogens with zero attached hydrogens (tertiary/aromatic N) is 6. The van der Waals surface area contributed by atoms with Crippen LogP contribution in [0.5, 0.6) is 5.75 Å². The fourth-order valence-corrected chi connectivity index (χ4v) is 3.27. The van der Waals surface area contributed by atoms with Crippen LogP contribution in [0.2, 0.25) is 0 Å². The maximum absolute atomic E-state index is 13.2. The zero-order valence-electron chi connectivity index (χ0n) is 16.7. The Kier molecular flexibility index (Phi) is 6.09. The first-order valence-corrected chi connectivity index (χ1v) is 9.94. The number of pyridine rings is 1. The number of hydrogen-bond donors (Lipinski definition) is 0. The van der Waals surface area contributed by atoms with E-state index in [0.717, 1.165) is 9.36 Å². The summed E-state index contributed by atoms with van der Waals surface area (Å²) >= 11 is 6.00. The predicted octanol–water partition coefficient (Wildman–Crippen LogP) is 2.94. The molecule has 0 atom stereocenters. The molecule has 0 radical (unpaired) electrons. The second kappa shape index (κ2) is 8.98. The van der Waals surface area contributed by atoms with E-state index in [9.17, 15) is 22.8 Å². The SMILES string of the molecule is O=C(Cn1nccn1)c1ccc(OCC(F)(F)F)c(-n2c(CCl)nc3ncccc3c2=O)c1. The number of halogens is 4. The molecule has 0 spiro atoms. The number of carbonyl (C=O) groups excluding carboxylic acids is 1. The Hall–Kier alpha value is -3.80. The van der Waals surface area contributed by atoms with E-state index < -0.39 is 24.1 Å². The van der Waals surface area contributed by atoms with Crippen molar-refractivity contribution in [2.45, 2.75) is 18.6 Å². The molecule has 0 amide bonds. The van der Waals surface area contributed by atoms with Gasteiger partial charge < -0.3 is 4.74 Å². The molecule has 4 aromatic rings. The van der Waals surface area contributed by atoms with Gasteiger partial charge in [0.05, 0.1) is 29.3 Å². The zero-order chi connectivity index (χ0) is 23.6. The van der Waals surface area contributed by atoms with Gasteiger partial charge in [0.1, 0.15) is 18.1 Å². The minimum atomic E-state index is -4.62. The fraction of sp³-hybridized carbons (Fsp3) is 0.200. The normalized spacial score (nSPS) is 11.6. The minimum absolute atomic E-state index is 0.0167. The number of alkyl halides is 4. The molecule has 0 saturated heterocycles. The van der Waals surface area contributed by atoms with Gasteiger partial charge in [-0.05, 0) is 30.3 Å². The monoisotopic (exact) mass is 478 g/mol. The van der Waals surface area contributed by atoms with E-state index in [-0.39, 0.29) is 46.3 Å². The lowest BCUT2D eigenvalue weighted by Gasteiger charge is -2.18. The number of carbonyl (C=O) groups is 1. The smallest absolute Gasteiger partial charge is 0.422 e. The summed E-state index contributed by atoms with van der Waals surface area (Å²) in [6.07, 6.45) is -0.386. The third-order valence-corrected chi connectivity index (χ3v) is 4.74. The van der Waals surface area contributed by atoms with Crippen molar-refractivity contribution in [3.05, 3.63) is 70.7 Å². The van der Waals surface area contributed by atoms with Crippen LogP contribution in [0.3, 0.4) is 0 Å². The fourth-order valence-electron chi connectivity index (χ4n) is 3.09. The van der Waals surface area contributed by atoms with Crippen molar-refractivity contribution < 1.29 is 22.7 Å². The molecule has 170 valence electrons. The summed E-state index contributed by atoms with van der Waals surface area (Å²) in [5.74, 6) is -0.955. The van der Waals surface area contributed by atoms with Crippen molar-refractivity contribution in [1.82, 2.24) is 29.5 Å². The van der Waals surface area contributed by atoms with Crippen LogP contribution in [0.25, 0.3) is 16.7 Å². The van der Waals surface area contributed by atoms with E-state index in [4.69, 9.17) is 16.3 Å². The van der Waals surface area contributed by atoms with Gasteiger partial charge in [-0.15, -0.1) is 11.6 Å². The first-order valence-electron chi connectivity index (χ1n) is 9.41. The molecule has 13 heteroatoms. The van der Waals surface area contributed by atoms with E-state index in [2.05, 4.69) is 20.2 Å². The van der Waals surface area contributed by atoms with Gasteiger partial charge in [0, 0.05) is 11.8 Å². The Bertz CT molecular complexity index is 1370. The maximum atomic E-state index is 13.2. The quantitative estimate of drug-likeness (QED) is 0.297. The number of rotatable bonds is 7. The molecule has 0 saturated carbocycles. The van der Waals surface area contributed by atoms with Gasteiger partial charge in [-0.2, -0.15) is 28.2 Å². The number of fused-ring (bicyclic) bond motifs is 1. The van der Waals surface area contributed by atoms with Gasteiger partial charge in [-0.25, -0.2) is 9.97 Å². The number of ether oxygens (including phenoxy) is 1. The van der Waals surface area contributed by atoms with Gasteiger partial charge >= 0.3 is 6.18 Å². The molecule has 0 bridgehead atoms. The average Bonchev–Trinajstić information content (AvgIpc) is 3.30. The van der Waals surface area contributed by atoms with Gasteiger partial charge in [-0.1, -0.05) is 0 Å². The highest BCUT2D eigenvalue weighted by Gasteiger charge is 2.29. The summed E-state index contributed by atoms with van der Waals surface area (Å²) in [5, 5.41) is 7.83. The number of hydrogen-bond acceptors (Lipinski definition) is 7. The third-order valence-electron chi connectivity index (χ3n) is 4.50. The van der Waals surface area contributed by atoms with Gasteiger partial charge in [0.2, 0.25) is 0 Å². The van der Waals surface area contributed by atoms with Gasteiger partial charge in [0.15, 0.2) is 18.0 Å². The predicted molar refractivity (Wildman–Crippen MR) is 111 cm³/mol. The van der Waals surface area contributed by atoms with Crippen molar-refractivity contribution in [1.29, 1.82) is 0 Å². The van der Waals surface area contributed by atoms with E-state index in [1.165, 1.54) is 48.9 Å². The van der Waals surface area contributed by atoms with Crippen molar-refractivity contribution in [3.63, 3.8) is 0 Å². The average molecular weight is 479 g/mol. The van der Waals surface area contributed by atoms with Crippen molar-refractivity contribution >= 4 is 28.4 Å². The summed E-state index contributed by atoms with van der Waals surface area (Å²) in [4.78, 5) is 35.4. The van der Waals surface area contributed by atoms with Crippen molar-refractivity contribution in [3.8, 4) is 11.4 Å². The molecule has 0 fully saturated rings. The van der Waals surface area contributed by atoms with Gasteiger partial charge in [-0.3, -0.25) is 14.2 Å². The minimum Gasteiger partial charge on any atom is -0.482 e. The summed E-state index contributed by atoms with van der Waals surface area (Å²) in [6.45, 7) is -1.82. The lowest BCUT2D eigenvalue weighted by atomic mass is 10.1. The molecule has 4 rings (SSSR count). The molecular formula is C20H14ClF3N6O3. The maximum Gasteiger partial charge on any atom is 0.422 e. The molecule has 0 aliphatic heterocycles.